The smallest absolute Gasteiger partial charge is 0.264 e. The molecule has 6 heteroatoms. The molecule has 4 rings (SSSR count). The summed E-state index contributed by atoms with van der Waals surface area (Å²) in [6, 6.07) is 7.54. The molecule has 1 aromatic carbocycles. The van der Waals surface area contributed by atoms with Crippen LogP contribution < -0.4 is 5.56 Å². The standard InChI is InChI=1S/C19H16N2O2S.C2H6.CH3.Y/c1-3-10-21-17-16(24-18(20-17)12-8-9-12)15(22)14(19(21)23)13-7-5-4-6-11(13)2;1-2;;/h1,4-7,12,22H,8-10H2,2H3;1-2H3;1H3;/q;;-1;. The van der Waals surface area contributed by atoms with Gasteiger partial charge >= 0.3 is 0 Å². The first kappa shape index (κ1) is 24.6. The van der Waals surface area contributed by atoms with Crippen molar-refractivity contribution >= 4 is 21.7 Å². The Morgan fingerprint density at radius 3 is 2.54 bits per heavy atom. The van der Waals surface area contributed by atoms with E-state index in [-0.39, 0.29) is 58.0 Å². The molecule has 1 N–H and O–H groups in total. The molecule has 0 bridgehead atoms. The van der Waals surface area contributed by atoms with Crippen molar-refractivity contribution in [3.63, 3.8) is 0 Å². The molecule has 4 nitrogen and oxygen atoms in total. The minimum absolute atomic E-state index is 0. The van der Waals surface area contributed by atoms with Crippen LogP contribution in [0.5, 0.6) is 5.75 Å². The second-order valence-electron chi connectivity index (χ2n) is 6.11. The van der Waals surface area contributed by atoms with Crippen molar-refractivity contribution < 1.29 is 37.8 Å². The number of benzene rings is 1. The normalized spacial score (nSPS) is 12.2. The van der Waals surface area contributed by atoms with Crippen LogP contribution in [0.2, 0.25) is 0 Å². The van der Waals surface area contributed by atoms with E-state index in [4.69, 9.17) is 6.42 Å². The second-order valence-corrected chi connectivity index (χ2v) is 7.14. The Bertz CT molecular complexity index is 1060. The van der Waals surface area contributed by atoms with Crippen molar-refractivity contribution in [2.24, 2.45) is 0 Å². The number of aromatic hydroxyl groups is 1. The van der Waals surface area contributed by atoms with Gasteiger partial charge in [-0.25, -0.2) is 4.98 Å². The van der Waals surface area contributed by atoms with Gasteiger partial charge in [-0.3, -0.25) is 9.36 Å². The third-order valence-electron chi connectivity index (χ3n) is 4.38. The van der Waals surface area contributed by atoms with E-state index in [1.165, 1.54) is 15.9 Å². The Morgan fingerprint density at radius 1 is 1.32 bits per heavy atom. The fourth-order valence-electron chi connectivity index (χ4n) is 2.95. The number of aryl methyl sites for hydroxylation is 1. The number of pyridine rings is 1. The zero-order valence-corrected chi connectivity index (χ0v) is 20.5. The summed E-state index contributed by atoms with van der Waals surface area (Å²) < 4.78 is 2.14. The van der Waals surface area contributed by atoms with Gasteiger partial charge in [-0.05, 0) is 30.9 Å². The predicted octanol–water partition coefficient (Wildman–Crippen LogP) is 5.12. The van der Waals surface area contributed by atoms with E-state index in [9.17, 15) is 9.90 Å². The monoisotopic (exact) mass is 470 g/mol. The van der Waals surface area contributed by atoms with Crippen molar-refractivity contribution in [1.82, 2.24) is 9.55 Å². The summed E-state index contributed by atoms with van der Waals surface area (Å²) in [5.74, 6) is 3.00. The van der Waals surface area contributed by atoms with Gasteiger partial charge in [0.15, 0.2) is 5.65 Å². The summed E-state index contributed by atoms with van der Waals surface area (Å²) in [5.41, 5.74) is 2.18. The Hall–Kier alpha value is -1.48. The molecule has 2 aromatic heterocycles. The molecule has 0 atom stereocenters. The van der Waals surface area contributed by atoms with Gasteiger partial charge in [0.25, 0.3) is 5.56 Å². The average molecular weight is 470 g/mol. The van der Waals surface area contributed by atoms with Crippen LogP contribution in [0.15, 0.2) is 29.1 Å². The molecule has 1 saturated carbocycles. The first-order valence-corrected chi connectivity index (χ1v) is 9.69. The van der Waals surface area contributed by atoms with Crippen molar-refractivity contribution in [1.29, 1.82) is 0 Å². The molecule has 1 fully saturated rings. The summed E-state index contributed by atoms with van der Waals surface area (Å²) >= 11 is 1.47. The molecule has 3 aromatic rings. The number of rotatable bonds is 3. The maximum atomic E-state index is 13.0. The van der Waals surface area contributed by atoms with Crippen molar-refractivity contribution in [2.45, 2.75) is 46.1 Å². The topological polar surface area (TPSA) is 55.1 Å². The number of hydrogen-bond donors (Lipinski definition) is 1. The van der Waals surface area contributed by atoms with Crippen LogP contribution in [-0.4, -0.2) is 14.7 Å². The first-order valence-electron chi connectivity index (χ1n) is 8.87. The van der Waals surface area contributed by atoms with Gasteiger partial charge in [0.2, 0.25) is 0 Å². The number of nitrogens with zero attached hydrogens (tertiary/aromatic N) is 2. The summed E-state index contributed by atoms with van der Waals surface area (Å²) in [5, 5.41) is 11.8. The number of aromatic nitrogens is 2. The molecular formula is C22H25N2O2SY-. The maximum absolute atomic E-state index is 13.0. The summed E-state index contributed by atoms with van der Waals surface area (Å²) in [4.78, 5) is 17.6. The summed E-state index contributed by atoms with van der Waals surface area (Å²) in [6.45, 7) is 6.06. The third-order valence-corrected chi connectivity index (χ3v) is 5.60. The predicted molar refractivity (Wildman–Crippen MR) is 114 cm³/mol. The maximum Gasteiger partial charge on any atom is 0.264 e. The van der Waals surface area contributed by atoms with Gasteiger partial charge in [-0.15, -0.1) is 17.8 Å². The Morgan fingerprint density at radius 2 is 1.96 bits per heavy atom. The first-order chi connectivity index (χ1) is 12.6. The summed E-state index contributed by atoms with van der Waals surface area (Å²) in [6.07, 6.45) is 7.69. The molecule has 0 saturated heterocycles. The Kier molecular flexibility index (Phi) is 9.07. The van der Waals surface area contributed by atoms with Gasteiger partial charge in [0, 0.05) is 38.6 Å². The Balaban J connectivity index is 0.000000950. The molecule has 1 aliphatic rings. The molecule has 145 valence electrons. The van der Waals surface area contributed by atoms with E-state index in [0.29, 0.717) is 21.8 Å². The van der Waals surface area contributed by atoms with E-state index in [2.05, 4.69) is 10.9 Å². The Labute approximate surface area is 195 Å². The third kappa shape index (κ3) is 4.40. The molecule has 0 aliphatic heterocycles. The molecule has 28 heavy (non-hydrogen) atoms. The summed E-state index contributed by atoms with van der Waals surface area (Å²) in [7, 11) is 0. The fraction of sp³-hybridized carbons (Fsp3) is 0.318. The molecular weight excluding hydrogens is 445 g/mol. The van der Waals surface area contributed by atoms with Crippen molar-refractivity contribution in [3.8, 4) is 29.2 Å². The number of terminal acetylenes is 1. The molecule has 0 unspecified atom stereocenters. The van der Waals surface area contributed by atoms with Crippen LogP contribution >= 0.6 is 11.3 Å². The van der Waals surface area contributed by atoms with E-state index < -0.39 is 0 Å². The van der Waals surface area contributed by atoms with E-state index >= 15 is 0 Å². The average Bonchev–Trinajstić information content (AvgIpc) is 3.41. The van der Waals surface area contributed by atoms with Gasteiger partial charge in [-0.1, -0.05) is 44.0 Å². The van der Waals surface area contributed by atoms with Crippen LogP contribution in [0.3, 0.4) is 0 Å². The molecule has 2 heterocycles. The van der Waals surface area contributed by atoms with Gasteiger partial charge < -0.3 is 12.5 Å². The SMILES string of the molecule is C#CCn1c(=O)c(-c2ccccc2C)c(O)c2sc(C3CC3)nc21.CC.[CH3-].[Y]. The van der Waals surface area contributed by atoms with E-state index in [1.54, 1.807) is 0 Å². The molecule has 1 aliphatic carbocycles. The van der Waals surface area contributed by atoms with Gasteiger partial charge in [-0.2, -0.15) is 0 Å². The van der Waals surface area contributed by atoms with E-state index in [1.807, 2.05) is 45.0 Å². The quantitative estimate of drug-likeness (QED) is 0.427. The van der Waals surface area contributed by atoms with Crippen molar-refractivity contribution in [3.05, 3.63) is 52.6 Å². The zero-order valence-electron chi connectivity index (χ0n) is 16.8. The van der Waals surface area contributed by atoms with Crippen LogP contribution in [0, 0.1) is 26.7 Å². The minimum Gasteiger partial charge on any atom is -0.505 e. The van der Waals surface area contributed by atoms with Gasteiger partial charge in [0.05, 0.1) is 17.1 Å². The van der Waals surface area contributed by atoms with Crippen LogP contribution in [0.4, 0.5) is 0 Å². The van der Waals surface area contributed by atoms with Gasteiger partial charge in [0.1, 0.15) is 10.4 Å². The fourth-order valence-corrected chi connectivity index (χ4v) is 4.14. The van der Waals surface area contributed by atoms with Crippen LogP contribution in [0.25, 0.3) is 21.5 Å². The van der Waals surface area contributed by atoms with Crippen LogP contribution in [-0.2, 0) is 39.3 Å². The second kappa shape index (κ2) is 10.3. The molecule has 0 amide bonds. The molecule has 0 spiro atoms. The zero-order chi connectivity index (χ0) is 18.8. The number of fused-ring (bicyclic) bond motifs is 1. The minimum atomic E-state index is -0.292. The van der Waals surface area contributed by atoms with Crippen molar-refractivity contribution in [2.75, 3.05) is 0 Å². The largest absolute Gasteiger partial charge is 0.505 e. The number of hydrogen-bond acceptors (Lipinski definition) is 4. The number of thiazole rings is 1. The van der Waals surface area contributed by atoms with Crippen LogP contribution in [0.1, 0.15) is 43.2 Å². The van der Waals surface area contributed by atoms with E-state index in [0.717, 1.165) is 29.0 Å². The molecule has 1 radical (unpaired) electrons.